The summed E-state index contributed by atoms with van der Waals surface area (Å²) in [6.07, 6.45) is 3.01. The van der Waals surface area contributed by atoms with Crippen molar-refractivity contribution in [1.82, 2.24) is 0 Å². The Morgan fingerprint density at radius 2 is 1.66 bits per heavy atom. The Morgan fingerprint density at radius 3 is 2.37 bits per heavy atom. The number of carboxylic acid groups (broad SMARTS) is 1. The maximum absolute atomic E-state index is 11.7. The van der Waals surface area contributed by atoms with Gasteiger partial charge in [-0.05, 0) is 68.7 Å². The van der Waals surface area contributed by atoms with Crippen LogP contribution in [0.5, 0.6) is 17.2 Å². The van der Waals surface area contributed by atoms with Gasteiger partial charge in [-0.25, -0.2) is 4.79 Å². The second-order valence-electron chi connectivity index (χ2n) is 8.03. The first-order chi connectivity index (χ1) is 16.9. The van der Waals surface area contributed by atoms with Crippen molar-refractivity contribution in [3.8, 4) is 17.2 Å². The molecule has 0 spiro atoms. The molecule has 35 heavy (non-hydrogen) atoms. The molecule has 0 aliphatic heterocycles. The molecule has 0 aliphatic rings. The maximum Gasteiger partial charge on any atom is 0.336 e. The van der Waals surface area contributed by atoms with Gasteiger partial charge in [0.15, 0.2) is 5.78 Å². The van der Waals surface area contributed by atoms with Crippen molar-refractivity contribution < 1.29 is 29.3 Å². The molecule has 3 aromatic rings. The molecule has 0 radical (unpaired) electrons. The molecule has 0 saturated heterocycles. The summed E-state index contributed by atoms with van der Waals surface area (Å²) in [6, 6.07) is 17.9. The number of hydrogen-bond donors (Lipinski definition) is 2. The Labute approximate surface area is 209 Å². The third kappa shape index (κ3) is 7.26. The van der Waals surface area contributed by atoms with Crippen LogP contribution in [-0.4, -0.2) is 35.2 Å². The molecule has 0 aromatic heterocycles. The van der Waals surface area contributed by atoms with Crippen molar-refractivity contribution in [2.24, 2.45) is 0 Å². The number of unbranched alkanes of at least 4 members (excludes halogenated alkanes) is 1. The van der Waals surface area contributed by atoms with Gasteiger partial charge in [0.2, 0.25) is 0 Å². The average Bonchev–Trinajstić information content (AvgIpc) is 2.83. The largest absolute Gasteiger partial charge is 0.507 e. The van der Waals surface area contributed by atoms with Crippen LogP contribution in [0.15, 0.2) is 70.5 Å². The quantitative estimate of drug-likeness (QED) is 0.203. The number of ether oxygens (including phenoxy) is 2. The highest BCUT2D eigenvalue weighted by molar-refractivity contribution is 7.99. The first-order valence-corrected chi connectivity index (χ1v) is 12.4. The highest BCUT2D eigenvalue weighted by Crippen LogP contribution is 2.34. The Balaban J connectivity index is 1.49. The fourth-order valence-electron chi connectivity index (χ4n) is 3.59. The van der Waals surface area contributed by atoms with Gasteiger partial charge >= 0.3 is 5.97 Å². The Hall–Kier alpha value is -3.45. The summed E-state index contributed by atoms with van der Waals surface area (Å²) in [5.74, 6) is 0.232. The molecule has 0 aliphatic carbocycles. The van der Waals surface area contributed by atoms with Gasteiger partial charge in [-0.2, -0.15) is 0 Å². The second-order valence-corrected chi connectivity index (χ2v) is 9.14. The number of carboxylic acids is 1. The van der Waals surface area contributed by atoms with Crippen LogP contribution in [0.3, 0.4) is 0 Å². The number of phenolic OH excluding ortho intramolecular Hbond substituents is 1. The van der Waals surface area contributed by atoms with Gasteiger partial charge in [0.25, 0.3) is 0 Å². The SMILES string of the molecule is CCCc1c(OCCCCOc2cccc(Sc3ccccc3C(=O)O)c2)ccc(C(C)=O)c1O. The van der Waals surface area contributed by atoms with Crippen LogP contribution >= 0.6 is 11.8 Å². The van der Waals surface area contributed by atoms with E-state index in [0.29, 0.717) is 41.4 Å². The average molecular weight is 495 g/mol. The summed E-state index contributed by atoms with van der Waals surface area (Å²) in [6.45, 7) is 4.44. The van der Waals surface area contributed by atoms with Gasteiger partial charge in [0, 0.05) is 15.4 Å². The summed E-state index contributed by atoms with van der Waals surface area (Å²) >= 11 is 1.39. The van der Waals surface area contributed by atoms with Gasteiger partial charge in [-0.1, -0.05) is 43.3 Å². The molecule has 0 heterocycles. The number of hydrogen-bond acceptors (Lipinski definition) is 6. The van der Waals surface area contributed by atoms with E-state index in [-0.39, 0.29) is 17.1 Å². The van der Waals surface area contributed by atoms with Crippen LogP contribution in [0, 0.1) is 0 Å². The van der Waals surface area contributed by atoms with E-state index < -0.39 is 5.97 Å². The highest BCUT2D eigenvalue weighted by atomic mass is 32.2. The van der Waals surface area contributed by atoms with Gasteiger partial charge in [0.05, 0.1) is 24.3 Å². The molecule has 0 unspecified atom stereocenters. The van der Waals surface area contributed by atoms with Crippen LogP contribution in [0.2, 0.25) is 0 Å². The standard InChI is InChI=1S/C28H30O6S/c1-3-9-23-25(15-14-22(19(2)29)27(23)30)34-17-7-6-16-33-20-10-8-11-21(18-20)35-26-13-5-4-12-24(26)28(31)32/h4-5,8,10-15,18,30H,3,6-7,9,16-17H2,1-2H3,(H,31,32). The number of aromatic carboxylic acids is 1. The fourth-order valence-corrected chi connectivity index (χ4v) is 4.58. The van der Waals surface area contributed by atoms with Crippen molar-refractivity contribution in [2.75, 3.05) is 13.2 Å². The number of aromatic hydroxyl groups is 1. The maximum atomic E-state index is 11.7. The van der Waals surface area contributed by atoms with Gasteiger partial charge in [0.1, 0.15) is 17.2 Å². The molecular weight excluding hydrogens is 464 g/mol. The lowest BCUT2D eigenvalue weighted by Crippen LogP contribution is -2.05. The van der Waals surface area contributed by atoms with E-state index in [1.54, 1.807) is 30.3 Å². The molecule has 7 heteroatoms. The fraction of sp³-hybridized carbons (Fsp3) is 0.286. The molecule has 0 bridgehead atoms. The topological polar surface area (TPSA) is 93.1 Å². The van der Waals surface area contributed by atoms with Crippen molar-refractivity contribution >= 4 is 23.5 Å². The minimum atomic E-state index is -0.949. The normalized spacial score (nSPS) is 10.7. The third-order valence-corrected chi connectivity index (χ3v) is 6.40. The van der Waals surface area contributed by atoms with Gasteiger partial charge in [-0.3, -0.25) is 4.79 Å². The van der Waals surface area contributed by atoms with E-state index >= 15 is 0 Å². The van der Waals surface area contributed by atoms with Crippen molar-refractivity contribution in [1.29, 1.82) is 0 Å². The van der Waals surface area contributed by atoms with Crippen LogP contribution < -0.4 is 9.47 Å². The minimum absolute atomic E-state index is 0.0175. The molecule has 0 saturated carbocycles. The zero-order valence-corrected chi connectivity index (χ0v) is 20.8. The van der Waals surface area contributed by atoms with E-state index in [1.165, 1.54) is 18.7 Å². The lowest BCUT2D eigenvalue weighted by molar-refractivity contribution is 0.0693. The molecule has 2 N–H and O–H groups in total. The van der Waals surface area contributed by atoms with Crippen LogP contribution in [-0.2, 0) is 6.42 Å². The molecule has 184 valence electrons. The molecular formula is C28H30O6S. The van der Waals surface area contributed by atoms with E-state index in [1.807, 2.05) is 37.3 Å². The van der Waals surface area contributed by atoms with E-state index in [9.17, 15) is 19.8 Å². The predicted octanol–water partition coefficient (Wildman–Crippen LogP) is 6.63. The lowest BCUT2D eigenvalue weighted by atomic mass is 10.0. The monoisotopic (exact) mass is 494 g/mol. The predicted molar refractivity (Wildman–Crippen MR) is 136 cm³/mol. The molecule has 3 aromatic carbocycles. The van der Waals surface area contributed by atoms with Crippen LogP contribution in [0.4, 0.5) is 0 Å². The highest BCUT2D eigenvalue weighted by Gasteiger charge is 2.16. The Kier molecular flexibility index (Phi) is 9.61. The van der Waals surface area contributed by atoms with Crippen molar-refractivity contribution in [3.05, 3.63) is 77.4 Å². The second kappa shape index (κ2) is 12.9. The first kappa shape index (κ1) is 26.2. The van der Waals surface area contributed by atoms with Crippen LogP contribution in [0.1, 0.15) is 59.4 Å². The minimum Gasteiger partial charge on any atom is -0.507 e. The number of rotatable bonds is 13. The number of benzene rings is 3. The van der Waals surface area contributed by atoms with Gasteiger partial charge in [-0.15, -0.1) is 0 Å². The summed E-state index contributed by atoms with van der Waals surface area (Å²) in [5.41, 5.74) is 1.27. The Morgan fingerprint density at radius 1 is 0.914 bits per heavy atom. The lowest BCUT2D eigenvalue weighted by Gasteiger charge is -2.15. The molecule has 0 atom stereocenters. The number of Topliss-reactive ketones (excluding diaryl/α,β-unsaturated/α-hetero) is 1. The van der Waals surface area contributed by atoms with Crippen molar-refractivity contribution in [2.45, 2.75) is 49.3 Å². The molecule has 0 fully saturated rings. The number of ketones is 1. The first-order valence-electron chi connectivity index (χ1n) is 11.6. The van der Waals surface area contributed by atoms with E-state index in [0.717, 1.165) is 29.9 Å². The summed E-state index contributed by atoms with van der Waals surface area (Å²) in [5, 5.41) is 19.8. The van der Waals surface area contributed by atoms with Gasteiger partial charge < -0.3 is 19.7 Å². The molecule has 0 amide bonds. The summed E-state index contributed by atoms with van der Waals surface area (Å²) in [4.78, 5) is 24.7. The molecule has 6 nitrogen and oxygen atoms in total. The number of carbonyl (C=O) groups is 2. The Bertz CT molecular complexity index is 1170. The number of carbonyl (C=O) groups excluding carboxylic acids is 1. The zero-order valence-electron chi connectivity index (χ0n) is 20.0. The smallest absolute Gasteiger partial charge is 0.336 e. The number of phenols is 1. The zero-order chi connectivity index (χ0) is 25.2. The molecule has 3 rings (SSSR count). The van der Waals surface area contributed by atoms with Crippen molar-refractivity contribution in [3.63, 3.8) is 0 Å². The van der Waals surface area contributed by atoms with E-state index in [2.05, 4.69) is 0 Å². The summed E-state index contributed by atoms with van der Waals surface area (Å²) in [7, 11) is 0. The summed E-state index contributed by atoms with van der Waals surface area (Å²) < 4.78 is 11.8. The van der Waals surface area contributed by atoms with Crippen LogP contribution in [0.25, 0.3) is 0 Å². The third-order valence-electron chi connectivity index (χ3n) is 5.33. The van der Waals surface area contributed by atoms with E-state index in [4.69, 9.17) is 9.47 Å².